The van der Waals surface area contributed by atoms with Gasteiger partial charge in [0.25, 0.3) is 11.8 Å². The molecular weight excluding hydrogens is 332 g/mol. The van der Waals surface area contributed by atoms with E-state index in [0.717, 1.165) is 5.56 Å². The maximum Gasteiger partial charge on any atom is 0.273 e. The van der Waals surface area contributed by atoms with Gasteiger partial charge in [0, 0.05) is 42.7 Å². The molecule has 1 aromatic carbocycles. The van der Waals surface area contributed by atoms with Gasteiger partial charge in [-0.25, -0.2) is 0 Å². The highest BCUT2D eigenvalue weighted by atomic mass is 16.5. The van der Waals surface area contributed by atoms with E-state index in [0.29, 0.717) is 30.8 Å². The van der Waals surface area contributed by atoms with Gasteiger partial charge in [0.2, 0.25) is 0 Å². The lowest BCUT2D eigenvalue weighted by molar-refractivity contribution is 0.0944. The quantitative estimate of drug-likeness (QED) is 0.637. The highest BCUT2D eigenvalue weighted by Gasteiger charge is 2.13. The Bertz CT molecular complexity index is 863. The van der Waals surface area contributed by atoms with Crippen LogP contribution in [0.5, 0.6) is 0 Å². The number of rotatable bonds is 7. The Balaban J connectivity index is 1.41. The van der Waals surface area contributed by atoms with Gasteiger partial charge in [0.15, 0.2) is 11.5 Å². The monoisotopic (exact) mass is 350 g/mol. The molecule has 0 fully saturated rings. The van der Waals surface area contributed by atoms with E-state index in [9.17, 15) is 9.59 Å². The summed E-state index contributed by atoms with van der Waals surface area (Å²) in [4.78, 5) is 27.8. The van der Waals surface area contributed by atoms with Crippen LogP contribution in [0.1, 0.15) is 27.3 Å². The zero-order valence-corrected chi connectivity index (χ0v) is 14.0. The highest BCUT2D eigenvalue weighted by molar-refractivity contribution is 5.94. The van der Waals surface area contributed by atoms with Crippen molar-refractivity contribution in [3.8, 4) is 11.3 Å². The summed E-state index contributed by atoms with van der Waals surface area (Å²) >= 11 is 0. The van der Waals surface area contributed by atoms with Crippen LogP contribution in [0.3, 0.4) is 0 Å². The van der Waals surface area contributed by atoms with E-state index >= 15 is 0 Å². The van der Waals surface area contributed by atoms with Crippen molar-refractivity contribution in [1.82, 2.24) is 20.8 Å². The number of carbonyl (C=O) groups is 2. The Kier molecular flexibility index (Phi) is 5.72. The summed E-state index contributed by atoms with van der Waals surface area (Å²) < 4.78 is 5.21. The zero-order valence-electron chi connectivity index (χ0n) is 14.0. The first-order chi connectivity index (χ1) is 12.7. The van der Waals surface area contributed by atoms with Gasteiger partial charge in [0.05, 0.1) is 0 Å². The molecular formula is C19H18N4O3. The van der Waals surface area contributed by atoms with Crippen molar-refractivity contribution >= 4 is 11.8 Å². The normalized spacial score (nSPS) is 10.3. The number of amides is 2. The van der Waals surface area contributed by atoms with Crippen LogP contribution < -0.4 is 10.6 Å². The lowest BCUT2D eigenvalue weighted by Gasteiger charge is -2.05. The van der Waals surface area contributed by atoms with E-state index in [4.69, 9.17) is 4.52 Å². The van der Waals surface area contributed by atoms with E-state index in [-0.39, 0.29) is 17.5 Å². The summed E-state index contributed by atoms with van der Waals surface area (Å²) in [6, 6.07) is 14.3. The molecule has 0 atom stereocenters. The molecule has 132 valence electrons. The summed E-state index contributed by atoms with van der Waals surface area (Å²) in [5.41, 5.74) is 1.64. The highest BCUT2D eigenvalue weighted by Crippen LogP contribution is 2.19. The van der Waals surface area contributed by atoms with Gasteiger partial charge in [0.1, 0.15) is 0 Å². The van der Waals surface area contributed by atoms with E-state index in [1.165, 1.54) is 0 Å². The Labute approximate surface area is 150 Å². The molecule has 2 heterocycles. The Hall–Kier alpha value is -3.48. The second-order valence-electron chi connectivity index (χ2n) is 5.54. The SMILES string of the molecule is O=C(NCCCNC(=O)c1cc(-c2ccccc2)on1)c1ccncc1. The molecule has 0 aliphatic heterocycles. The predicted molar refractivity (Wildman–Crippen MR) is 95.5 cm³/mol. The summed E-state index contributed by atoms with van der Waals surface area (Å²) in [6.07, 6.45) is 3.74. The van der Waals surface area contributed by atoms with Crippen LogP contribution in [0.2, 0.25) is 0 Å². The average Bonchev–Trinajstić information content (AvgIpc) is 3.19. The Morgan fingerprint density at radius 2 is 1.62 bits per heavy atom. The standard InChI is InChI=1S/C19H18N4O3/c24-18(15-7-11-20-12-8-15)21-9-4-10-22-19(25)16-13-17(26-23-16)14-5-2-1-3-6-14/h1-3,5-8,11-13H,4,9-10H2,(H,21,24)(H,22,25). The number of nitrogens with zero attached hydrogens (tertiary/aromatic N) is 2. The first-order valence-corrected chi connectivity index (χ1v) is 8.22. The van der Waals surface area contributed by atoms with Gasteiger partial charge in [-0.3, -0.25) is 14.6 Å². The Morgan fingerprint density at radius 1 is 0.923 bits per heavy atom. The number of benzene rings is 1. The van der Waals surface area contributed by atoms with Gasteiger partial charge >= 0.3 is 0 Å². The molecule has 0 spiro atoms. The largest absolute Gasteiger partial charge is 0.355 e. The molecule has 0 unspecified atom stereocenters. The number of carbonyl (C=O) groups excluding carboxylic acids is 2. The Morgan fingerprint density at radius 3 is 2.35 bits per heavy atom. The molecule has 0 radical (unpaired) electrons. The first-order valence-electron chi connectivity index (χ1n) is 8.22. The second kappa shape index (κ2) is 8.57. The van der Waals surface area contributed by atoms with Gasteiger partial charge < -0.3 is 15.2 Å². The van der Waals surface area contributed by atoms with Crippen LogP contribution in [0.15, 0.2) is 65.4 Å². The number of hydrogen-bond acceptors (Lipinski definition) is 5. The number of aromatic nitrogens is 2. The summed E-state index contributed by atoms with van der Waals surface area (Å²) in [5.74, 6) is 0.0690. The summed E-state index contributed by atoms with van der Waals surface area (Å²) in [7, 11) is 0. The van der Waals surface area contributed by atoms with Crippen LogP contribution in [0, 0.1) is 0 Å². The molecule has 7 heteroatoms. The van der Waals surface area contributed by atoms with Crippen molar-refractivity contribution in [3.63, 3.8) is 0 Å². The molecule has 3 aromatic rings. The summed E-state index contributed by atoms with van der Waals surface area (Å²) in [5, 5.41) is 9.34. The minimum atomic E-state index is -0.309. The smallest absolute Gasteiger partial charge is 0.273 e. The fourth-order valence-corrected chi connectivity index (χ4v) is 2.31. The van der Waals surface area contributed by atoms with Crippen molar-refractivity contribution in [2.24, 2.45) is 0 Å². The topological polar surface area (TPSA) is 97.1 Å². The van der Waals surface area contributed by atoms with Crippen molar-refractivity contribution in [3.05, 3.63) is 72.2 Å². The minimum absolute atomic E-state index is 0.164. The lowest BCUT2D eigenvalue weighted by atomic mass is 10.1. The maximum absolute atomic E-state index is 12.1. The fourth-order valence-electron chi connectivity index (χ4n) is 2.31. The van der Waals surface area contributed by atoms with E-state index in [1.807, 2.05) is 30.3 Å². The van der Waals surface area contributed by atoms with E-state index in [2.05, 4.69) is 20.8 Å². The van der Waals surface area contributed by atoms with Crippen LogP contribution in [-0.4, -0.2) is 35.0 Å². The van der Waals surface area contributed by atoms with Crippen LogP contribution >= 0.6 is 0 Å². The first kappa shape index (κ1) is 17.3. The zero-order chi connectivity index (χ0) is 18.2. The number of nitrogens with one attached hydrogen (secondary N) is 2. The molecule has 3 rings (SSSR count). The molecule has 0 saturated carbocycles. The summed E-state index contributed by atoms with van der Waals surface area (Å²) in [6.45, 7) is 0.874. The predicted octanol–water partition coefficient (Wildman–Crippen LogP) is 2.29. The third-order valence-corrected chi connectivity index (χ3v) is 3.67. The molecule has 2 N–H and O–H groups in total. The van der Waals surface area contributed by atoms with Crippen LogP contribution in [0.4, 0.5) is 0 Å². The molecule has 0 aliphatic carbocycles. The minimum Gasteiger partial charge on any atom is -0.355 e. The number of pyridine rings is 1. The van der Waals surface area contributed by atoms with Gasteiger partial charge in [-0.05, 0) is 18.6 Å². The van der Waals surface area contributed by atoms with Gasteiger partial charge in [-0.2, -0.15) is 0 Å². The van der Waals surface area contributed by atoms with Crippen molar-refractivity contribution in [1.29, 1.82) is 0 Å². The molecule has 0 saturated heterocycles. The lowest BCUT2D eigenvalue weighted by Crippen LogP contribution is -2.30. The fraction of sp³-hybridized carbons (Fsp3) is 0.158. The third kappa shape index (κ3) is 4.54. The van der Waals surface area contributed by atoms with Gasteiger partial charge in [-0.15, -0.1) is 0 Å². The van der Waals surface area contributed by atoms with Crippen molar-refractivity contribution in [2.45, 2.75) is 6.42 Å². The molecule has 7 nitrogen and oxygen atoms in total. The third-order valence-electron chi connectivity index (χ3n) is 3.67. The molecule has 2 amide bonds. The van der Waals surface area contributed by atoms with Crippen LogP contribution in [-0.2, 0) is 0 Å². The van der Waals surface area contributed by atoms with E-state index in [1.54, 1.807) is 30.6 Å². The second-order valence-corrected chi connectivity index (χ2v) is 5.54. The van der Waals surface area contributed by atoms with E-state index < -0.39 is 0 Å². The van der Waals surface area contributed by atoms with Crippen LogP contribution in [0.25, 0.3) is 11.3 Å². The average molecular weight is 350 g/mol. The molecule has 0 aliphatic rings. The number of hydrogen-bond donors (Lipinski definition) is 2. The molecule has 2 aromatic heterocycles. The molecule has 26 heavy (non-hydrogen) atoms. The molecule has 0 bridgehead atoms. The van der Waals surface area contributed by atoms with Crippen molar-refractivity contribution < 1.29 is 14.1 Å². The van der Waals surface area contributed by atoms with Crippen molar-refractivity contribution in [2.75, 3.05) is 13.1 Å². The maximum atomic E-state index is 12.1. The van der Waals surface area contributed by atoms with Gasteiger partial charge in [-0.1, -0.05) is 35.5 Å².